The molecule has 1 aliphatic carbocycles. The molecule has 0 aromatic rings. The number of hydrogen-bond donors (Lipinski definition) is 0. The average molecular weight is 323 g/mol. The van der Waals surface area contributed by atoms with Crippen LogP contribution >= 0.6 is 0 Å². The number of ether oxygens (including phenoxy) is 1. The smallest absolute Gasteiger partial charge is 0.191 e. The molecule has 0 saturated carbocycles. The van der Waals surface area contributed by atoms with E-state index in [1.807, 2.05) is 0 Å². The molecule has 0 aromatic carbocycles. The Morgan fingerprint density at radius 2 is 2.05 bits per heavy atom. The van der Waals surface area contributed by atoms with E-state index in [2.05, 4.69) is 39.9 Å². The number of fused-ring (bicyclic) bond motifs is 1. The van der Waals surface area contributed by atoms with Gasteiger partial charge in [0.15, 0.2) is 8.32 Å². The Bertz CT molecular complexity index is 449. The van der Waals surface area contributed by atoms with Crippen LogP contribution < -0.4 is 0 Å². The van der Waals surface area contributed by atoms with Gasteiger partial charge in [0.1, 0.15) is 0 Å². The summed E-state index contributed by atoms with van der Waals surface area (Å²) in [4.78, 5) is 0. The first-order chi connectivity index (χ1) is 10.2. The number of rotatable bonds is 3. The molecule has 3 heteroatoms. The van der Waals surface area contributed by atoms with Gasteiger partial charge in [0.25, 0.3) is 0 Å². The van der Waals surface area contributed by atoms with Crippen LogP contribution in [0.3, 0.4) is 0 Å². The van der Waals surface area contributed by atoms with E-state index in [1.54, 1.807) is 5.57 Å². The zero-order valence-electron chi connectivity index (χ0n) is 15.2. The summed E-state index contributed by atoms with van der Waals surface area (Å²) in [6.45, 7) is 12.6. The topological polar surface area (TPSA) is 18.5 Å². The van der Waals surface area contributed by atoms with Crippen LogP contribution in [0.5, 0.6) is 0 Å². The minimum Gasteiger partial charge on any atom is -0.416 e. The van der Waals surface area contributed by atoms with Crippen LogP contribution in [0.25, 0.3) is 0 Å². The van der Waals surface area contributed by atoms with Crippen LogP contribution in [0.4, 0.5) is 0 Å². The maximum Gasteiger partial charge on any atom is 0.191 e. The molecule has 1 spiro atoms. The van der Waals surface area contributed by atoms with Crippen molar-refractivity contribution in [3.63, 3.8) is 0 Å². The molecule has 0 amide bonds. The number of allylic oxidation sites excluding steroid dienone is 1. The first-order valence-electron chi connectivity index (χ1n) is 9.25. The van der Waals surface area contributed by atoms with Crippen molar-refractivity contribution in [3.05, 3.63) is 11.6 Å². The second-order valence-corrected chi connectivity index (χ2v) is 14.0. The molecule has 2 heterocycles. The monoisotopic (exact) mass is 322 g/mol. The summed E-state index contributed by atoms with van der Waals surface area (Å²) >= 11 is 0. The van der Waals surface area contributed by atoms with E-state index in [9.17, 15) is 0 Å². The third-order valence-electron chi connectivity index (χ3n) is 6.75. The fraction of sp³-hybridized carbons (Fsp3) is 0.895. The third-order valence-corrected chi connectivity index (χ3v) is 11.2. The standard InChI is InChI=1S/C19H34O2Si/c1-18(2,3)22(4,5)20-14-15-9-10-16-8-6-7-12-19(16)13-11-17(15)21-19/h8,15,17H,6-7,9-14H2,1-5H3/t15-,17+,19-/m0/s1. The summed E-state index contributed by atoms with van der Waals surface area (Å²) in [6.07, 6.45) is 11.7. The molecule has 3 aliphatic rings. The third kappa shape index (κ3) is 2.96. The second kappa shape index (κ2) is 5.75. The van der Waals surface area contributed by atoms with Gasteiger partial charge >= 0.3 is 0 Å². The minimum absolute atomic E-state index is 0.134. The Hall–Kier alpha value is -0.123. The highest BCUT2D eigenvalue weighted by molar-refractivity contribution is 6.74. The lowest BCUT2D eigenvalue weighted by Gasteiger charge is -2.38. The highest BCUT2D eigenvalue weighted by Gasteiger charge is 2.48. The lowest BCUT2D eigenvalue weighted by Crippen LogP contribution is -2.43. The summed E-state index contributed by atoms with van der Waals surface area (Å²) in [5.41, 5.74) is 1.75. The van der Waals surface area contributed by atoms with Crippen molar-refractivity contribution in [1.29, 1.82) is 0 Å². The first kappa shape index (κ1) is 16.7. The van der Waals surface area contributed by atoms with E-state index in [1.165, 1.54) is 44.9 Å². The van der Waals surface area contributed by atoms with E-state index < -0.39 is 8.32 Å². The molecule has 2 bridgehead atoms. The largest absolute Gasteiger partial charge is 0.416 e. The van der Waals surface area contributed by atoms with Gasteiger partial charge in [0.2, 0.25) is 0 Å². The van der Waals surface area contributed by atoms with Gasteiger partial charge in [-0.05, 0) is 68.7 Å². The fourth-order valence-electron chi connectivity index (χ4n) is 4.12. The molecular weight excluding hydrogens is 288 g/mol. The minimum atomic E-state index is -1.64. The van der Waals surface area contributed by atoms with Gasteiger partial charge in [-0.25, -0.2) is 0 Å². The maximum absolute atomic E-state index is 6.64. The molecule has 2 aliphatic heterocycles. The van der Waals surface area contributed by atoms with Gasteiger partial charge in [-0.1, -0.05) is 26.8 Å². The molecule has 2 fully saturated rings. The molecule has 0 aromatic heterocycles. The van der Waals surface area contributed by atoms with Crippen LogP contribution in [0.2, 0.25) is 18.1 Å². The van der Waals surface area contributed by atoms with Crippen molar-refractivity contribution in [2.75, 3.05) is 6.61 Å². The van der Waals surface area contributed by atoms with Crippen molar-refractivity contribution < 1.29 is 9.16 Å². The normalized spacial score (nSPS) is 35.8. The molecule has 3 atom stereocenters. The molecule has 0 N–H and O–H groups in total. The van der Waals surface area contributed by atoms with Crippen LogP contribution in [-0.4, -0.2) is 26.6 Å². The summed E-state index contributed by atoms with van der Waals surface area (Å²) < 4.78 is 13.2. The van der Waals surface area contributed by atoms with Crippen molar-refractivity contribution >= 4 is 8.32 Å². The Kier molecular flexibility index (Phi) is 4.37. The zero-order chi connectivity index (χ0) is 16.0. The Labute approximate surface area is 137 Å². The SMILES string of the molecule is CC(C)(C)[Si](C)(C)OC[C@@H]1CCC2=CCCC[C@]23CC[C@H]1O3. The lowest BCUT2D eigenvalue weighted by molar-refractivity contribution is -0.0464. The Morgan fingerprint density at radius 3 is 2.77 bits per heavy atom. The predicted molar refractivity (Wildman–Crippen MR) is 94.6 cm³/mol. The highest BCUT2D eigenvalue weighted by atomic mass is 28.4. The zero-order valence-corrected chi connectivity index (χ0v) is 16.2. The molecule has 2 nitrogen and oxygen atoms in total. The van der Waals surface area contributed by atoms with E-state index in [0.29, 0.717) is 17.1 Å². The van der Waals surface area contributed by atoms with E-state index in [0.717, 1.165) is 6.61 Å². The highest BCUT2D eigenvalue weighted by Crippen LogP contribution is 2.50. The fourth-order valence-corrected chi connectivity index (χ4v) is 5.19. The van der Waals surface area contributed by atoms with Gasteiger partial charge in [-0.3, -0.25) is 0 Å². The Balaban J connectivity index is 1.67. The van der Waals surface area contributed by atoms with E-state index in [-0.39, 0.29) is 5.60 Å². The average Bonchev–Trinajstić information content (AvgIpc) is 2.76. The summed E-state index contributed by atoms with van der Waals surface area (Å²) in [5.74, 6) is 0.597. The summed E-state index contributed by atoms with van der Waals surface area (Å²) in [5, 5.41) is 0.298. The quantitative estimate of drug-likeness (QED) is 0.508. The van der Waals surface area contributed by atoms with Crippen LogP contribution in [-0.2, 0) is 9.16 Å². The maximum atomic E-state index is 6.64. The molecular formula is C19H34O2Si. The summed E-state index contributed by atoms with van der Waals surface area (Å²) in [6, 6.07) is 0. The molecule has 0 unspecified atom stereocenters. The molecule has 22 heavy (non-hydrogen) atoms. The summed E-state index contributed by atoms with van der Waals surface area (Å²) in [7, 11) is -1.64. The van der Waals surface area contributed by atoms with Gasteiger partial charge in [0, 0.05) is 12.5 Å². The number of hydrogen-bond acceptors (Lipinski definition) is 2. The predicted octanol–water partition coefficient (Wildman–Crippen LogP) is 5.45. The molecule has 2 saturated heterocycles. The van der Waals surface area contributed by atoms with E-state index in [4.69, 9.17) is 9.16 Å². The second-order valence-electron chi connectivity index (χ2n) is 9.18. The van der Waals surface area contributed by atoms with Crippen LogP contribution in [0.1, 0.15) is 65.7 Å². The van der Waals surface area contributed by atoms with Gasteiger partial charge < -0.3 is 9.16 Å². The van der Waals surface area contributed by atoms with Crippen molar-refractivity contribution in [3.8, 4) is 0 Å². The van der Waals surface area contributed by atoms with Gasteiger partial charge in [-0.15, -0.1) is 0 Å². The van der Waals surface area contributed by atoms with Crippen molar-refractivity contribution in [1.82, 2.24) is 0 Å². The van der Waals surface area contributed by atoms with Gasteiger partial charge in [0.05, 0.1) is 11.7 Å². The van der Waals surface area contributed by atoms with Crippen molar-refractivity contribution in [2.45, 2.75) is 95.6 Å². The first-order valence-corrected chi connectivity index (χ1v) is 12.2. The lowest BCUT2D eigenvalue weighted by atomic mass is 9.76. The molecule has 0 radical (unpaired) electrons. The van der Waals surface area contributed by atoms with E-state index >= 15 is 0 Å². The van der Waals surface area contributed by atoms with Gasteiger partial charge in [-0.2, -0.15) is 0 Å². The van der Waals surface area contributed by atoms with Crippen LogP contribution in [0, 0.1) is 5.92 Å². The van der Waals surface area contributed by atoms with Crippen LogP contribution in [0.15, 0.2) is 11.6 Å². The van der Waals surface area contributed by atoms with Crippen molar-refractivity contribution in [2.24, 2.45) is 5.92 Å². The molecule has 3 rings (SSSR count). The Morgan fingerprint density at radius 1 is 1.27 bits per heavy atom. The molecule has 126 valence electrons.